The van der Waals surface area contributed by atoms with E-state index < -0.39 is 0 Å². The summed E-state index contributed by atoms with van der Waals surface area (Å²) >= 11 is 1.78. The minimum absolute atomic E-state index is 1.27. The Kier molecular flexibility index (Phi) is 2.33. The van der Waals surface area contributed by atoms with E-state index >= 15 is 0 Å². The Labute approximate surface area is 88.4 Å². The normalized spacial score (nSPS) is 10.5. The van der Waals surface area contributed by atoms with Crippen LogP contribution in [0.5, 0.6) is 0 Å². The van der Waals surface area contributed by atoms with Crippen molar-refractivity contribution < 1.29 is 0 Å². The smallest absolute Gasteiger partial charge is 0.0998 e. The number of thiophene rings is 1. The van der Waals surface area contributed by atoms with E-state index in [0.29, 0.717) is 0 Å². The van der Waals surface area contributed by atoms with Gasteiger partial charge in [0.1, 0.15) is 0 Å². The van der Waals surface area contributed by atoms with Crippen molar-refractivity contribution in [3.63, 3.8) is 0 Å². The summed E-state index contributed by atoms with van der Waals surface area (Å²) in [4.78, 5) is 2.16. The lowest BCUT2D eigenvalue weighted by molar-refractivity contribution is 0.937. The maximum atomic E-state index is 2.18. The van der Waals surface area contributed by atoms with Gasteiger partial charge in [-0.1, -0.05) is 0 Å². The van der Waals surface area contributed by atoms with Crippen LogP contribution in [0.15, 0.2) is 29.8 Å². The van der Waals surface area contributed by atoms with Gasteiger partial charge < -0.3 is 9.47 Å². The second kappa shape index (κ2) is 3.50. The monoisotopic (exact) mass is 206 g/mol. The Morgan fingerprint density at radius 3 is 2.64 bits per heavy atom. The fraction of sp³-hybridized carbons (Fsp3) is 0.273. The number of hydrogen-bond acceptors (Lipinski definition) is 2. The fourth-order valence-electron chi connectivity index (χ4n) is 1.58. The largest absolute Gasteiger partial charge is 0.369 e. The van der Waals surface area contributed by atoms with Gasteiger partial charge in [0, 0.05) is 32.9 Å². The molecule has 0 saturated carbocycles. The van der Waals surface area contributed by atoms with Gasteiger partial charge in [-0.3, -0.25) is 0 Å². The molecule has 2 nitrogen and oxygen atoms in total. The molecule has 0 aromatic carbocycles. The van der Waals surface area contributed by atoms with Gasteiger partial charge in [0.05, 0.1) is 10.7 Å². The summed E-state index contributed by atoms with van der Waals surface area (Å²) in [6.45, 7) is 0. The van der Waals surface area contributed by atoms with Crippen molar-refractivity contribution in [1.29, 1.82) is 0 Å². The van der Waals surface area contributed by atoms with Crippen LogP contribution in [0.25, 0.3) is 11.3 Å². The molecule has 0 saturated heterocycles. The Hall–Kier alpha value is -1.22. The predicted octanol–water partition coefficient (Wildman–Crippen LogP) is 2.82. The average molecular weight is 206 g/mol. The first-order valence-corrected chi connectivity index (χ1v) is 5.44. The number of hydrogen-bond donors (Lipinski definition) is 0. The van der Waals surface area contributed by atoms with Gasteiger partial charge in [0.2, 0.25) is 0 Å². The van der Waals surface area contributed by atoms with E-state index in [9.17, 15) is 0 Å². The molecule has 0 fully saturated rings. The molecule has 2 heterocycles. The van der Waals surface area contributed by atoms with E-state index in [2.05, 4.69) is 60.4 Å². The van der Waals surface area contributed by atoms with Crippen LogP contribution in [0, 0.1) is 0 Å². The van der Waals surface area contributed by atoms with E-state index in [-0.39, 0.29) is 0 Å². The minimum Gasteiger partial charge on any atom is -0.369 e. The number of anilines is 1. The van der Waals surface area contributed by atoms with Gasteiger partial charge in [-0.05, 0) is 23.6 Å². The number of aryl methyl sites for hydroxylation is 1. The molecule has 0 aliphatic rings. The van der Waals surface area contributed by atoms with Crippen molar-refractivity contribution in [2.45, 2.75) is 0 Å². The Bertz CT molecular complexity index is 426. The van der Waals surface area contributed by atoms with E-state index in [1.807, 2.05) is 0 Å². The second-order valence-corrected chi connectivity index (χ2v) is 4.43. The third-order valence-electron chi connectivity index (χ3n) is 2.27. The van der Waals surface area contributed by atoms with Crippen LogP contribution < -0.4 is 4.90 Å². The Morgan fingerprint density at radius 1 is 1.29 bits per heavy atom. The molecule has 0 bridgehead atoms. The number of nitrogens with zero attached hydrogens (tertiary/aromatic N) is 2. The molecule has 14 heavy (non-hydrogen) atoms. The van der Waals surface area contributed by atoms with Crippen LogP contribution >= 0.6 is 11.3 Å². The molecule has 3 heteroatoms. The molecule has 0 N–H and O–H groups in total. The summed E-state index contributed by atoms with van der Waals surface area (Å²) in [6, 6.07) is 6.40. The fourth-order valence-corrected chi connectivity index (χ4v) is 2.43. The third-order valence-corrected chi connectivity index (χ3v) is 3.35. The first-order chi connectivity index (χ1) is 6.70. The van der Waals surface area contributed by atoms with E-state index in [4.69, 9.17) is 0 Å². The molecule has 0 radical (unpaired) electrons. The van der Waals surface area contributed by atoms with Crippen LogP contribution in [0.4, 0.5) is 5.00 Å². The Morgan fingerprint density at radius 2 is 2.07 bits per heavy atom. The molecule has 0 aliphatic heterocycles. The molecule has 2 aromatic rings. The highest BCUT2D eigenvalue weighted by Gasteiger charge is 2.10. The maximum Gasteiger partial charge on any atom is 0.0998 e. The average Bonchev–Trinajstić information content (AvgIpc) is 2.70. The molecular formula is C11H14N2S. The first kappa shape index (κ1) is 9.34. The standard InChI is InChI=1S/C11H14N2S/c1-12(2)11-9(6-8-14-11)10-5-4-7-13(10)3/h4-8H,1-3H3. The van der Waals surface area contributed by atoms with E-state index in [1.165, 1.54) is 16.3 Å². The van der Waals surface area contributed by atoms with Gasteiger partial charge >= 0.3 is 0 Å². The summed E-state index contributed by atoms with van der Waals surface area (Å²) in [5.41, 5.74) is 2.59. The minimum atomic E-state index is 1.27. The predicted molar refractivity (Wildman–Crippen MR) is 63.1 cm³/mol. The lowest BCUT2D eigenvalue weighted by Gasteiger charge is -2.13. The quantitative estimate of drug-likeness (QED) is 0.733. The Balaban J connectivity index is 2.52. The van der Waals surface area contributed by atoms with Crippen molar-refractivity contribution in [2.24, 2.45) is 7.05 Å². The summed E-state index contributed by atoms with van der Waals surface area (Å²) in [6.07, 6.45) is 2.08. The zero-order valence-corrected chi connectivity index (χ0v) is 9.51. The molecule has 0 unspecified atom stereocenters. The molecule has 0 amide bonds. The van der Waals surface area contributed by atoms with Gasteiger partial charge in [-0.25, -0.2) is 0 Å². The van der Waals surface area contributed by atoms with Crippen molar-refractivity contribution in [3.8, 4) is 11.3 Å². The van der Waals surface area contributed by atoms with Crippen LogP contribution in [0.2, 0.25) is 0 Å². The highest BCUT2D eigenvalue weighted by atomic mass is 32.1. The summed E-state index contributed by atoms with van der Waals surface area (Å²) in [5, 5.41) is 3.45. The van der Waals surface area contributed by atoms with Gasteiger partial charge in [-0.15, -0.1) is 11.3 Å². The summed E-state index contributed by atoms with van der Waals surface area (Å²) in [7, 11) is 6.24. The number of rotatable bonds is 2. The number of aromatic nitrogens is 1. The van der Waals surface area contributed by atoms with Gasteiger partial charge in [0.25, 0.3) is 0 Å². The van der Waals surface area contributed by atoms with Crippen LogP contribution in [0.1, 0.15) is 0 Å². The second-order valence-electron chi connectivity index (χ2n) is 3.54. The van der Waals surface area contributed by atoms with E-state index in [0.717, 1.165) is 0 Å². The summed E-state index contributed by atoms with van der Waals surface area (Å²) in [5.74, 6) is 0. The molecule has 2 aromatic heterocycles. The van der Waals surface area contributed by atoms with Crippen molar-refractivity contribution >= 4 is 16.3 Å². The molecule has 0 atom stereocenters. The topological polar surface area (TPSA) is 8.17 Å². The molecule has 2 rings (SSSR count). The highest BCUT2D eigenvalue weighted by Crippen LogP contribution is 2.34. The zero-order chi connectivity index (χ0) is 10.1. The van der Waals surface area contributed by atoms with Gasteiger partial charge in [0.15, 0.2) is 0 Å². The molecule has 0 aliphatic carbocycles. The molecule has 74 valence electrons. The van der Waals surface area contributed by atoms with Crippen LogP contribution in [-0.2, 0) is 7.05 Å². The summed E-state index contributed by atoms with van der Waals surface area (Å²) < 4.78 is 2.15. The SMILES string of the molecule is CN(C)c1sccc1-c1cccn1C. The first-order valence-electron chi connectivity index (χ1n) is 4.56. The maximum absolute atomic E-state index is 2.18. The lowest BCUT2D eigenvalue weighted by atomic mass is 10.2. The highest BCUT2D eigenvalue weighted by molar-refractivity contribution is 7.14. The van der Waals surface area contributed by atoms with Crippen LogP contribution in [-0.4, -0.2) is 18.7 Å². The van der Waals surface area contributed by atoms with E-state index in [1.54, 1.807) is 11.3 Å². The lowest BCUT2D eigenvalue weighted by Crippen LogP contribution is -2.08. The third kappa shape index (κ3) is 1.44. The van der Waals surface area contributed by atoms with Gasteiger partial charge in [-0.2, -0.15) is 0 Å². The molecule has 0 spiro atoms. The van der Waals surface area contributed by atoms with Crippen LogP contribution in [0.3, 0.4) is 0 Å². The molecular weight excluding hydrogens is 192 g/mol. The van der Waals surface area contributed by atoms with Crippen molar-refractivity contribution in [1.82, 2.24) is 4.57 Å². The van der Waals surface area contributed by atoms with Crippen molar-refractivity contribution in [3.05, 3.63) is 29.8 Å². The van der Waals surface area contributed by atoms with Crippen molar-refractivity contribution in [2.75, 3.05) is 19.0 Å². The zero-order valence-electron chi connectivity index (χ0n) is 8.69.